The van der Waals surface area contributed by atoms with Crippen molar-refractivity contribution in [2.24, 2.45) is 5.92 Å². The Hall–Kier alpha value is -0.890. The quantitative estimate of drug-likeness (QED) is 0.804. The third-order valence-corrected chi connectivity index (χ3v) is 3.33. The molecule has 1 N–H and O–H groups in total. The van der Waals surface area contributed by atoms with Gasteiger partial charge in [0.05, 0.1) is 6.10 Å². The standard InChI is InChI=1S/C13H19NO/c1-9(2)13(15)11-7-3-5-10-6-4-8-14-12(10)11/h4,6,8-9,11,13,15H,3,5,7H2,1-2H3. The molecule has 0 saturated heterocycles. The van der Waals surface area contributed by atoms with E-state index in [-0.39, 0.29) is 12.0 Å². The molecule has 1 aliphatic rings. The van der Waals surface area contributed by atoms with E-state index in [1.807, 2.05) is 12.3 Å². The lowest BCUT2D eigenvalue weighted by Gasteiger charge is -2.30. The molecule has 1 aliphatic carbocycles. The normalized spacial score (nSPS) is 22.5. The van der Waals surface area contributed by atoms with E-state index in [9.17, 15) is 5.11 Å². The van der Waals surface area contributed by atoms with Crippen LogP contribution in [0, 0.1) is 5.92 Å². The monoisotopic (exact) mass is 205 g/mol. The van der Waals surface area contributed by atoms with E-state index in [1.165, 1.54) is 12.0 Å². The first-order chi connectivity index (χ1) is 7.20. The number of aromatic nitrogens is 1. The average Bonchev–Trinajstić information content (AvgIpc) is 2.27. The van der Waals surface area contributed by atoms with Crippen molar-refractivity contribution in [3.05, 3.63) is 29.6 Å². The Morgan fingerprint density at radius 3 is 3.00 bits per heavy atom. The molecule has 0 saturated carbocycles. The molecule has 0 aliphatic heterocycles. The van der Waals surface area contributed by atoms with Crippen molar-refractivity contribution in [2.75, 3.05) is 0 Å². The van der Waals surface area contributed by atoms with Gasteiger partial charge in [-0.15, -0.1) is 0 Å². The van der Waals surface area contributed by atoms with Crippen LogP contribution in [-0.4, -0.2) is 16.2 Å². The molecule has 1 heterocycles. The van der Waals surface area contributed by atoms with E-state index in [0.29, 0.717) is 5.92 Å². The minimum atomic E-state index is -0.251. The molecule has 0 radical (unpaired) electrons. The number of aliphatic hydroxyl groups is 1. The Morgan fingerprint density at radius 1 is 1.47 bits per heavy atom. The van der Waals surface area contributed by atoms with Crippen LogP contribution in [0.3, 0.4) is 0 Å². The topological polar surface area (TPSA) is 33.1 Å². The molecule has 1 aromatic rings. The second kappa shape index (κ2) is 4.31. The van der Waals surface area contributed by atoms with Crippen molar-refractivity contribution in [3.8, 4) is 0 Å². The molecule has 1 aromatic heterocycles. The molecule has 2 atom stereocenters. The first kappa shape index (κ1) is 10.6. The molecule has 0 aromatic carbocycles. The van der Waals surface area contributed by atoms with Crippen molar-refractivity contribution in [1.82, 2.24) is 4.98 Å². The maximum Gasteiger partial charge on any atom is 0.0646 e. The van der Waals surface area contributed by atoms with E-state index in [4.69, 9.17) is 0 Å². The molecular weight excluding hydrogens is 186 g/mol. The Labute approximate surface area is 91.4 Å². The van der Waals surface area contributed by atoms with Gasteiger partial charge in [-0.25, -0.2) is 0 Å². The number of nitrogens with zero attached hydrogens (tertiary/aromatic N) is 1. The Balaban J connectivity index is 2.29. The van der Waals surface area contributed by atoms with Crippen molar-refractivity contribution < 1.29 is 5.11 Å². The zero-order valence-electron chi connectivity index (χ0n) is 9.48. The van der Waals surface area contributed by atoms with Gasteiger partial charge in [0.25, 0.3) is 0 Å². The highest BCUT2D eigenvalue weighted by Gasteiger charge is 2.29. The summed E-state index contributed by atoms with van der Waals surface area (Å²) in [6.07, 6.45) is 4.95. The first-order valence-electron chi connectivity index (χ1n) is 5.82. The lowest BCUT2D eigenvalue weighted by molar-refractivity contribution is 0.0876. The number of rotatable bonds is 2. The van der Waals surface area contributed by atoms with Gasteiger partial charge in [-0.3, -0.25) is 4.98 Å². The third kappa shape index (κ3) is 2.05. The van der Waals surface area contributed by atoms with Gasteiger partial charge in [-0.1, -0.05) is 19.9 Å². The summed E-state index contributed by atoms with van der Waals surface area (Å²) in [5.74, 6) is 0.554. The fourth-order valence-electron chi connectivity index (χ4n) is 2.44. The van der Waals surface area contributed by atoms with Gasteiger partial charge >= 0.3 is 0 Å². The van der Waals surface area contributed by atoms with Crippen LogP contribution in [0.4, 0.5) is 0 Å². The number of aliphatic hydroxyl groups excluding tert-OH is 1. The Kier molecular flexibility index (Phi) is 3.06. The summed E-state index contributed by atoms with van der Waals surface area (Å²) in [7, 11) is 0. The molecule has 2 heteroatoms. The van der Waals surface area contributed by atoms with Gasteiger partial charge < -0.3 is 5.11 Å². The van der Waals surface area contributed by atoms with Crippen LogP contribution >= 0.6 is 0 Å². The van der Waals surface area contributed by atoms with Crippen LogP contribution in [0.5, 0.6) is 0 Å². The number of hydrogen-bond donors (Lipinski definition) is 1. The predicted octanol–water partition coefficient (Wildman–Crippen LogP) is 2.52. The fraction of sp³-hybridized carbons (Fsp3) is 0.615. The second-order valence-electron chi connectivity index (χ2n) is 4.78. The van der Waals surface area contributed by atoms with E-state index >= 15 is 0 Å². The highest BCUT2D eigenvalue weighted by atomic mass is 16.3. The number of aryl methyl sites for hydroxylation is 1. The predicted molar refractivity (Wildman–Crippen MR) is 60.8 cm³/mol. The van der Waals surface area contributed by atoms with Crippen LogP contribution in [0.1, 0.15) is 43.9 Å². The van der Waals surface area contributed by atoms with Crippen LogP contribution in [0.25, 0.3) is 0 Å². The van der Waals surface area contributed by atoms with Gasteiger partial charge in [0, 0.05) is 17.8 Å². The van der Waals surface area contributed by atoms with Crippen LogP contribution in [0.2, 0.25) is 0 Å². The second-order valence-corrected chi connectivity index (χ2v) is 4.78. The van der Waals surface area contributed by atoms with Gasteiger partial charge in [0.2, 0.25) is 0 Å². The summed E-state index contributed by atoms with van der Waals surface area (Å²) in [5.41, 5.74) is 2.46. The Morgan fingerprint density at radius 2 is 2.27 bits per heavy atom. The van der Waals surface area contributed by atoms with Gasteiger partial charge in [0.1, 0.15) is 0 Å². The highest BCUT2D eigenvalue weighted by Crippen LogP contribution is 2.34. The van der Waals surface area contributed by atoms with E-state index in [1.54, 1.807) is 0 Å². The summed E-state index contributed by atoms with van der Waals surface area (Å²) in [5, 5.41) is 10.2. The molecule has 0 fully saturated rings. The SMILES string of the molecule is CC(C)C(O)C1CCCc2cccnc21. The Bertz CT molecular complexity index is 335. The molecule has 0 bridgehead atoms. The third-order valence-electron chi connectivity index (χ3n) is 3.33. The maximum atomic E-state index is 10.2. The zero-order chi connectivity index (χ0) is 10.8. The molecule has 0 amide bonds. The highest BCUT2D eigenvalue weighted by molar-refractivity contribution is 5.26. The lowest BCUT2D eigenvalue weighted by atomic mass is 9.80. The number of fused-ring (bicyclic) bond motifs is 1. The molecule has 15 heavy (non-hydrogen) atoms. The first-order valence-corrected chi connectivity index (χ1v) is 5.82. The molecule has 2 nitrogen and oxygen atoms in total. The van der Waals surface area contributed by atoms with Gasteiger partial charge in [-0.2, -0.15) is 0 Å². The van der Waals surface area contributed by atoms with Crippen LogP contribution in [0.15, 0.2) is 18.3 Å². The van der Waals surface area contributed by atoms with Crippen LogP contribution in [-0.2, 0) is 6.42 Å². The summed E-state index contributed by atoms with van der Waals surface area (Å²) in [6, 6.07) is 4.13. The minimum absolute atomic E-state index is 0.245. The molecular formula is C13H19NO. The maximum absolute atomic E-state index is 10.2. The largest absolute Gasteiger partial charge is 0.392 e. The lowest BCUT2D eigenvalue weighted by Crippen LogP contribution is -2.28. The smallest absolute Gasteiger partial charge is 0.0646 e. The molecule has 0 spiro atoms. The number of hydrogen-bond acceptors (Lipinski definition) is 2. The van der Waals surface area contributed by atoms with E-state index in [2.05, 4.69) is 24.9 Å². The minimum Gasteiger partial charge on any atom is -0.392 e. The van der Waals surface area contributed by atoms with Gasteiger partial charge in [-0.05, 0) is 36.8 Å². The van der Waals surface area contributed by atoms with Crippen molar-refractivity contribution >= 4 is 0 Å². The van der Waals surface area contributed by atoms with Crippen molar-refractivity contribution in [3.63, 3.8) is 0 Å². The van der Waals surface area contributed by atoms with Crippen molar-refractivity contribution in [1.29, 1.82) is 0 Å². The summed E-state index contributed by atoms with van der Waals surface area (Å²) >= 11 is 0. The summed E-state index contributed by atoms with van der Waals surface area (Å²) in [6.45, 7) is 4.14. The van der Waals surface area contributed by atoms with E-state index in [0.717, 1.165) is 18.5 Å². The molecule has 2 rings (SSSR count). The molecule has 82 valence electrons. The zero-order valence-corrected chi connectivity index (χ0v) is 9.48. The van der Waals surface area contributed by atoms with Crippen molar-refractivity contribution in [2.45, 2.75) is 45.1 Å². The number of pyridine rings is 1. The summed E-state index contributed by atoms with van der Waals surface area (Å²) in [4.78, 5) is 4.44. The van der Waals surface area contributed by atoms with Crippen LogP contribution < -0.4 is 0 Å². The van der Waals surface area contributed by atoms with Gasteiger partial charge in [0.15, 0.2) is 0 Å². The summed E-state index contributed by atoms with van der Waals surface area (Å²) < 4.78 is 0. The average molecular weight is 205 g/mol. The van der Waals surface area contributed by atoms with E-state index < -0.39 is 0 Å². The fourth-order valence-corrected chi connectivity index (χ4v) is 2.44. The molecule has 2 unspecified atom stereocenters.